The van der Waals surface area contributed by atoms with Gasteiger partial charge in [0, 0.05) is 12.2 Å². The first-order valence-corrected chi connectivity index (χ1v) is 9.59. The molecule has 26 heavy (non-hydrogen) atoms. The summed E-state index contributed by atoms with van der Waals surface area (Å²) >= 11 is 11.2. The summed E-state index contributed by atoms with van der Waals surface area (Å²) in [7, 11) is 0. The molecule has 1 aliphatic rings. The van der Waals surface area contributed by atoms with Crippen LogP contribution in [0.1, 0.15) is 31.6 Å². The third kappa shape index (κ3) is 4.96. The molecule has 1 unspecified atom stereocenters. The Balaban J connectivity index is 1.60. The van der Waals surface area contributed by atoms with Crippen LogP contribution in [0.25, 0.3) is 0 Å². The van der Waals surface area contributed by atoms with E-state index in [-0.39, 0.29) is 11.1 Å². The third-order valence-corrected chi connectivity index (χ3v) is 5.30. The van der Waals surface area contributed by atoms with Gasteiger partial charge in [-0.05, 0) is 74.4 Å². The number of hydrogen-bond donors (Lipinski definition) is 2. The highest BCUT2D eigenvalue weighted by Gasteiger charge is 2.26. The fraction of sp³-hybridized carbons (Fsp3) is 0.421. The van der Waals surface area contributed by atoms with Crippen LogP contribution >= 0.6 is 23.8 Å². The topological polar surface area (TPSA) is 40.4 Å². The molecule has 2 aromatic rings. The zero-order chi connectivity index (χ0) is 18.5. The molecule has 4 nitrogen and oxygen atoms in total. The van der Waals surface area contributed by atoms with Gasteiger partial charge in [0.2, 0.25) is 0 Å². The smallest absolute Gasteiger partial charge is 0.170 e. The SMILES string of the molecule is CC1CCN(C(CNC(=S)Nc2ccc(F)c(Cl)c2)c2ccco2)CC1. The molecule has 0 aliphatic carbocycles. The van der Waals surface area contributed by atoms with E-state index in [0.29, 0.717) is 17.3 Å². The van der Waals surface area contributed by atoms with Gasteiger partial charge in [-0.15, -0.1) is 0 Å². The first kappa shape index (κ1) is 19.1. The van der Waals surface area contributed by atoms with Crippen LogP contribution in [0, 0.1) is 11.7 Å². The highest BCUT2D eigenvalue weighted by molar-refractivity contribution is 7.80. The molecule has 3 rings (SSSR count). The summed E-state index contributed by atoms with van der Waals surface area (Å²) in [6.07, 6.45) is 4.08. The lowest BCUT2D eigenvalue weighted by molar-refractivity contribution is 0.124. The first-order valence-electron chi connectivity index (χ1n) is 8.80. The number of nitrogens with one attached hydrogen (secondary N) is 2. The molecule has 1 aromatic heterocycles. The molecule has 7 heteroatoms. The largest absolute Gasteiger partial charge is 0.468 e. The van der Waals surface area contributed by atoms with E-state index in [4.69, 9.17) is 28.2 Å². The molecule has 2 heterocycles. The Kier molecular flexibility index (Phi) is 6.51. The Morgan fingerprint density at radius 3 is 2.81 bits per heavy atom. The number of benzene rings is 1. The number of likely N-dealkylation sites (tertiary alicyclic amines) is 1. The van der Waals surface area contributed by atoms with E-state index >= 15 is 0 Å². The second kappa shape index (κ2) is 8.84. The molecular weight excluding hydrogens is 373 g/mol. The standard InChI is InChI=1S/C19H23ClFN3OS/c1-13-6-8-24(9-7-13)17(18-3-2-10-25-18)12-22-19(26)23-14-4-5-16(21)15(20)11-14/h2-5,10-11,13,17H,6-9,12H2,1H3,(H2,22,23,26). The van der Waals surface area contributed by atoms with Crippen molar-refractivity contribution < 1.29 is 8.81 Å². The van der Waals surface area contributed by atoms with Crippen LogP contribution in [-0.2, 0) is 0 Å². The molecular formula is C19H23ClFN3OS. The summed E-state index contributed by atoms with van der Waals surface area (Å²) in [6.45, 7) is 5.01. The predicted molar refractivity (Wildman–Crippen MR) is 107 cm³/mol. The molecule has 0 saturated carbocycles. The Morgan fingerprint density at radius 1 is 1.38 bits per heavy atom. The first-order chi connectivity index (χ1) is 12.5. The summed E-state index contributed by atoms with van der Waals surface area (Å²) in [5, 5.41) is 6.82. The van der Waals surface area contributed by atoms with Crippen molar-refractivity contribution in [2.75, 3.05) is 25.0 Å². The lowest BCUT2D eigenvalue weighted by atomic mass is 9.97. The van der Waals surface area contributed by atoms with Gasteiger partial charge >= 0.3 is 0 Å². The number of rotatable bonds is 5. The molecule has 1 fully saturated rings. The lowest BCUT2D eigenvalue weighted by Gasteiger charge is -2.36. The van der Waals surface area contributed by atoms with Crippen LogP contribution in [0.2, 0.25) is 5.02 Å². The van der Waals surface area contributed by atoms with E-state index in [9.17, 15) is 4.39 Å². The maximum absolute atomic E-state index is 13.3. The molecule has 2 N–H and O–H groups in total. The Hall–Kier alpha value is -1.63. The van der Waals surface area contributed by atoms with Crippen LogP contribution in [0.4, 0.5) is 10.1 Å². The van der Waals surface area contributed by atoms with Gasteiger partial charge in [-0.1, -0.05) is 18.5 Å². The Bertz CT molecular complexity index is 732. The summed E-state index contributed by atoms with van der Waals surface area (Å²) in [6, 6.07) is 8.46. The number of thiocarbonyl (C=S) groups is 1. The van der Waals surface area contributed by atoms with Crippen molar-refractivity contribution in [2.24, 2.45) is 5.92 Å². The van der Waals surface area contributed by atoms with Crippen molar-refractivity contribution >= 4 is 34.6 Å². The zero-order valence-corrected chi connectivity index (χ0v) is 16.2. The van der Waals surface area contributed by atoms with E-state index in [2.05, 4.69) is 22.5 Å². The van der Waals surface area contributed by atoms with Gasteiger partial charge in [0.25, 0.3) is 0 Å². The van der Waals surface area contributed by atoms with Gasteiger partial charge in [-0.25, -0.2) is 4.39 Å². The van der Waals surface area contributed by atoms with E-state index in [1.165, 1.54) is 25.0 Å². The van der Waals surface area contributed by atoms with Gasteiger partial charge in [-0.3, -0.25) is 4.90 Å². The quantitative estimate of drug-likeness (QED) is 0.709. The van der Waals surface area contributed by atoms with Crippen molar-refractivity contribution in [3.63, 3.8) is 0 Å². The van der Waals surface area contributed by atoms with Crippen LogP contribution in [0.5, 0.6) is 0 Å². The van der Waals surface area contributed by atoms with E-state index < -0.39 is 5.82 Å². The average molecular weight is 396 g/mol. The van der Waals surface area contributed by atoms with Crippen LogP contribution in [0.3, 0.4) is 0 Å². The van der Waals surface area contributed by atoms with Crippen molar-refractivity contribution in [3.8, 4) is 0 Å². The molecule has 1 aliphatic heterocycles. The average Bonchev–Trinajstić information content (AvgIpc) is 3.14. The minimum atomic E-state index is -0.451. The zero-order valence-electron chi connectivity index (χ0n) is 14.7. The molecule has 1 saturated heterocycles. The number of hydrogen-bond acceptors (Lipinski definition) is 3. The number of piperidine rings is 1. The highest BCUT2D eigenvalue weighted by atomic mass is 35.5. The van der Waals surface area contributed by atoms with Crippen LogP contribution in [-0.4, -0.2) is 29.6 Å². The second-order valence-corrected chi connectivity index (χ2v) is 7.53. The molecule has 0 spiro atoms. The summed E-state index contributed by atoms with van der Waals surface area (Å²) in [5.74, 6) is 1.25. The lowest BCUT2D eigenvalue weighted by Crippen LogP contribution is -2.42. The number of furan rings is 1. The van der Waals surface area contributed by atoms with Crippen LogP contribution < -0.4 is 10.6 Å². The summed E-state index contributed by atoms with van der Waals surface area (Å²) < 4.78 is 18.9. The fourth-order valence-corrected chi connectivity index (χ4v) is 3.55. The number of nitrogens with zero attached hydrogens (tertiary/aromatic N) is 1. The molecule has 1 atom stereocenters. The minimum Gasteiger partial charge on any atom is -0.468 e. The van der Waals surface area contributed by atoms with Gasteiger partial charge in [-0.2, -0.15) is 0 Å². The minimum absolute atomic E-state index is 0.0636. The predicted octanol–water partition coefficient (Wildman–Crippen LogP) is 4.83. The van der Waals surface area contributed by atoms with Crippen molar-refractivity contribution in [1.82, 2.24) is 10.2 Å². The van der Waals surface area contributed by atoms with Crippen molar-refractivity contribution in [3.05, 3.63) is 53.2 Å². The molecule has 0 radical (unpaired) electrons. The monoisotopic (exact) mass is 395 g/mol. The highest BCUT2D eigenvalue weighted by Crippen LogP contribution is 2.27. The van der Waals surface area contributed by atoms with Crippen molar-refractivity contribution in [1.29, 1.82) is 0 Å². The number of halogens is 2. The van der Waals surface area contributed by atoms with Gasteiger partial charge in [0.1, 0.15) is 11.6 Å². The molecule has 0 amide bonds. The van der Waals surface area contributed by atoms with Crippen LogP contribution in [0.15, 0.2) is 41.0 Å². The van der Waals surface area contributed by atoms with E-state index in [1.54, 1.807) is 12.3 Å². The normalized spacial score (nSPS) is 17.0. The summed E-state index contributed by atoms with van der Waals surface area (Å²) in [4.78, 5) is 2.43. The fourth-order valence-electron chi connectivity index (χ4n) is 3.17. The third-order valence-electron chi connectivity index (χ3n) is 4.76. The van der Waals surface area contributed by atoms with E-state index in [1.807, 2.05) is 12.1 Å². The maximum atomic E-state index is 13.3. The maximum Gasteiger partial charge on any atom is 0.170 e. The van der Waals surface area contributed by atoms with Gasteiger partial charge < -0.3 is 15.1 Å². The Morgan fingerprint density at radius 2 is 2.15 bits per heavy atom. The van der Waals surface area contributed by atoms with E-state index in [0.717, 1.165) is 24.8 Å². The number of anilines is 1. The Labute approximate surface area is 163 Å². The molecule has 1 aromatic carbocycles. The molecule has 0 bridgehead atoms. The summed E-state index contributed by atoms with van der Waals surface area (Å²) in [5.41, 5.74) is 0.648. The second-order valence-electron chi connectivity index (χ2n) is 6.71. The van der Waals surface area contributed by atoms with Gasteiger partial charge in [0.05, 0.1) is 17.3 Å². The van der Waals surface area contributed by atoms with Gasteiger partial charge in [0.15, 0.2) is 5.11 Å². The van der Waals surface area contributed by atoms with Crippen molar-refractivity contribution in [2.45, 2.75) is 25.8 Å². The molecule has 140 valence electrons.